The van der Waals surface area contributed by atoms with Gasteiger partial charge in [-0.2, -0.15) is 11.8 Å². The number of benzene rings is 1. The van der Waals surface area contributed by atoms with Gasteiger partial charge in [0.15, 0.2) is 0 Å². The molecule has 0 spiro atoms. The second-order valence-electron chi connectivity index (χ2n) is 4.27. The van der Waals surface area contributed by atoms with Crippen molar-refractivity contribution in [3.63, 3.8) is 0 Å². The first-order chi connectivity index (χ1) is 9.29. The molecule has 0 bridgehead atoms. The van der Waals surface area contributed by atoms with Gasteiger partial charge in [-0.25, -0.2) is 0 Å². The largest absolute Gasteiger partial charge is 0.338 e. The molecule has 0 heterocycles. The van der Waals surface area contributed by atoms with Crippen LogP contribution in [0.5, 0.6) is 0 Å². The lowest BCUT2D eigenvalue weighted by Gasteiger charge is -2.24. The minimum atomic E-state index is -0.607. The summed E-state index contributed by atoms with van der Waals surface area (Å²) in [6.45, 7) is 1.89. The molecule has 0 aliphatic carbocycles. The average molecular weight is 337 g/mol. The lowest BCUT2D eigenvalue weighted by atomic mass is 10.1. The summed E-state index contributed by atoms with van der Waals surface area (Å²) in [6, 6.07) is 2.26. The van der Waals surface area contributed by atoms with Crippen LogP contribution in [-0.2, 0) is 0 Å². The highest BCUT2D eigenvalue weighted by Gasteiger charge is 2.24. The van der Waals surface area contributed by atoms with Crippen LogP contribution in [0.3, 0.4) is 0 Å². The maximum atomic E-state index is 12.4. The van der Waals surface area contributed by atoms with Gasteiger partial charge in [0.05, 0.1) is 20.5 Å². The third-order valence-corrected chi connectivity index (χ3v) is 4.46. The summed E-state index contributed by atoms with van der Waals surface area (Å²) in [5, 5.41) is 10.8. The number of non-ortho nitro benzene ring substituents is 1. The SMILES string of the molecule is CSCC(C)N(C)C(=O)c1cc([N+](=O)[O-])cc(Cl)c1Cl. The Morgan fingerprint density at radius 1 is 1.50 bits per heavy atom. The smallest absolute Gasteiger partial charge is 0.271 e. The minimum absolute atomic E-state index is 0.00450. The van der Waals surface area contributed by atoms with Gasteiger partial charge < -0.3 is 4.90 Å². The van der Waals surface area contributed by atoms with E-state index >= 15 is 0 Å². The lowest BCUT2D eigenvalue weighted by Crippen LogP contribution is -2.36. The Balaban J connectivity index is 3.18. The molecule has 0 aliphatic rings. The number of hydrogen-bond donors (Lipinski definition) is 0. The molecule has 0 saturated carbocycles. The normalized spacial score (nSPS) is 12.1. The van der Waals surface area contributed by atoms with Gasteiger partial charge in [-0.05, 0) is 13.2 Å². The van der Waals surface area contributed by atoms with Crippen molar-refractivity contribution in [2.24, 2.45) is 0 Å². The molecule has 0 aliphatic heterocycles. The molecule has 5 nitrogen and oxygen atoms in total. The van der Waals surface area contributed by atoms with E-state index in [0.717, 1.165) is 17.9 Å². The van der Waals surface area contributed by atoms with Crippen molar-refractivity contribution in [3.05, 3.63) is 37.9 Å². The second-order valence-corrected chi connectivity index (χ2v) is 5.96. The van der Waals surface area contributed by atoms with E-state index < -0.39 is 4.92 Å². The molecule has 1 aromatic rings. The van der Waals surface area contributed by atoms with Crippen LogP contribution in [0.25, 0.3) is 0 Å². The van der Waals surface area contributed by atoms with E-state index in [0.29, 0.717) is 0 Å². The van der Waals surface area contributed by atoms with Crippen molar-refractivity contribution in [1.82, 2.24) is 4.90 Å². The molecule has 1 amide bonds. The average Bonchev–Trinajstić information content (AvgIpc) is 2.40. The molecule has 20 heavy (non-hydrogen) atoms. The van der Waals surface area contributed by atoms with Gasteiger partial charge in [-0.15, -0.1) is 0 Å². The summed E-state index contributed by atoms with van der Waals surface area (Å²) in [7, 11) is 1.63. The van der Waals surface area contributed by atoms with Crippen molar-refractivity contribution in [1.29, 1.82) is 0 Å². The topological polar surface area (TPSA) is 63.5 Å². The molecule has 0 saturated heterocycles. The summed E-state index contributed by atoms with van der Waals surface area (Å²) in [4.78, 5) is 24.1. The van der Waals surface area contributed by atoms with Gasteiger partial charge in [0.1, 0.15) is 0 Å². The zero-order valence-corrected chi connectivity index (χ0v) is 13.6. The molecule has 0 aromatic heterocycles. The molecule has 1 aromatic carbocycles. The zero-order valence-electron chi connectivity index (χ0n) is 11.2. The van der Waals surface area contributed by atoms with Crippen LogP contribution < -0.4 is 0 Å². The molecule has 8 heteroatoms. The maximum absolute atomic E-state index is 12.4. The quantitative estimate of drug-likeness (QED) is 0.607. The van der Waals surface area contributed by atoms with Gasteiger partial charge in [0.25, 0.3) is 11.6 Å². The van der Waals surface area contributed by atoms with Gasteiger partial charge >= 0.3 is 0 Å². The number of nitrogens with zero attached hydrogens (tertiary/aromatic N) is 2. The van der Waals surface area contributed by atoms with Crippen molar-refractivity contribution >= 4 is 46.6 Å². The molecule has 1 rings (SSSR count). The summed E-state index contributed by atoms with van der Waals surface area (Å²) >= 11 is 13.4. The molecule has 1 unspecified atom stereocenters. The predicted octanol–water partition coefficient (Wildman–Crippen LogP) is 3.73. The second kappa shape index (κ2) is 7.15. The first kappa shape index (κ1) is 17.1. The van der Waals surface area contributed by atoms with Crippen LogP contribution in [0.15, 0.2) is 12.1 Å². The first-order valence-electron chi connectivity index (χ1n) is 5.69. The predicted molar refractivity (Wildman–Crippen MR) is 83.1 cm³/mol. The van der Waals surface area contributed by atoms with E-state index in [-0.39, 0.29) is 33.2 Å². The number of nitro benzene ring substituents is 1. The van der Waals surface area contributed by atoms with E-state index in [1.165, 1.54) is 4.90 Å². The number of rotatable bonds is 5. The van der Waals surface area contributed by atoms with E-state index in [1.807, 2.05) is 13.2 Å². The Kier molecular flexibility index (Phi) is 6.10. The third kappa shape index (κ3) is 3.77. The number of carbonyl (C=O) groups is 1. The van der Waals surface area contributed by atoms with Crippen molar-refractivity contribution in [2.45, 2.75) is 13.0 Å². The number of carbonyl (C=O) groups excluding carboxylic acids is 1. The monoisotopic (exact) mass is 336 g/mol. The molecular formula is C12H14Cl2N2O3S. The summed E-state index contributed by atoms with van der Waals surface area (Å²) in [5.41, 5.74) is -0.213. The van der Waals surface area contributed by atoms with Crippen molar-refractivity contribution < 1.29 is 9.72 Å². The van der Waals surface area contributed by atoms with Gasteiger partial charge in [0.2, 0.25) is 0 Å². The molecule has 0 radical (unpaired) electrons. The fourth-order valence-corrected chi connectivity index (χ4v) is 2.69. The van der Waals surface area contributed by atoms with Gasteiger partial charge in [-0.3, -0.25) is 14.9 Å². The summed E-state index contributed by atoms with van der Waals surface area (Å²) in [6.07, 6.45) is 1.94. The van der Waals surface area contributed by atoms with E-state index in [1.54, 1.807) is 18.8 Å². The lowest BCUT2D eigenvalue weighted by molar-refractivity contribution is -0.384. The number of amides is 1. The van der Waals surface area contributed by atoms with Gasteiger partial charge in [-0.1, -0.05) is 23.2 Å². The number of nitro groups is 1. The third-order valence-electron chi connectivity index (χ3n) is 2.84. The number of hydrogen-bond acceptors (Lipinski definition) is 4. The van der Waals surface area contributed by atoms with E-state index in [9.17, 15) is 14.9 Å². The van der Waals surface area contributed by atoms with Crippen LogP contribution in [0.2, 0.25) is 10.0 Å². The first-order valence-corrected chi connectivity index (χ1v) is 7.84. The van der Waals surface area contributed by atoms with Crippen molar-refractivity contribution in [2.75, 3.05) is 19.1 Å². The maximum Gasteiger partial charge on any atom is 0.271 e. The molecule has 0 N–H and O–H groups in total. The van der Waals surface area contributed by atoms with Crippen LogP contribution in [0, 0.1) is 10.1 Å². The zero-order chi connectivity index (χ0) is 15.4. The highest BCUT2D eigenvalue weighted by molar-refractivity contribution is 7.98. The highest BCUT2D eigenvalue weighted by Crippen LogP contribution is 2.31. The number of thioether (sulfide) groups is 1. The molecule has 0 fully saturated rings. The molecule has 110 valence electrons. The molecule has 1 atom stereocenters. The Morgan fingerprint density at radius 2 is 2.10 bits per heavy atom. The van der Waals surface area contributed by atoms with Crippen LogP contribution in [-0.4, -0.2) is 40.8 Å². The Labute approximate surface area is 131 Å². The molecular weight excluding hydrogens is 323 g/mol. The summed E-state index contributed by atoms with van der Waals surface area (Å²) in [5.74, 6) is 0.366. The number of halogens is 2. The fraction of sp³-hybridized carbons (Fsp3) is 0.417. The Bertz CT molecular complexity index is 540. The standard InChI is InChI=1S/C12H14Cl2N2O3S/c1-7(6-20-3)15(2)12(17)9-4-8(16(18)19)5-10(13)11(9)14/h4-5,7H,6H2,1-3H3. The van der Waals surface area contributed by atoms with Crippen LogP contribution in [0.1, 0.15) is 17.3 Å². The van der Waals surface area contributed by atoms with Gasteiger partial charge in [0, 0.05) is 31.0 Å². The van der Waals surface area contributed by atoms with Crippen LogP contribution >= 0.6 is 35.0 Å². The van der Waals surface area contributed by atoms with E-state index in [4.69, 9.17) is 23.2 Å². The Morgan fingerprint density at radius 3 is 2.60 bits per heavy atom. The highest BCUT2D eigenvalue weighted by atomic mass is 35.5. The Hall–Kier alpha value is -0.980. The van der Waals surface area contributed by atoms with Crippen molar-refractivity contribution in [3.8, 4) is 0 Å². The van der Waals surface area contributed by atoms with Crippen LogP contribution in [0.4, 0.5) is 5.69 Å². The van der Waals surface area contributed by atoms with E-state index in [2.05, 4.69) is 0 Å². The fourth-order valence-electron chi connectivity index (χ4n) is 1.58. The summed E-state index contributed by atoms with van der Waals surface area (Å²) < 4.78 is 0. The minimum Gasteiger partial charge on any atom is -0.338 e.